The van der Waals surface area contributed by atoms with Crippen LogP contribution in [0.5, 0.6) is 11.5 Å². The first kappa shape index (κ1) is 26.0. The summed E-state index contributed by atoms with van der Waals surface area (Å²) < 4.78 is 81.4. The van der Waals surface area contributed by atoms with Crippen LogP contribution in [0, 0.1) is 0 Å². The van der Waals surface area contributed by atoms with Gasteiger partial charge < -0.3 is 30.3 Å². The van der Waals surface area contributed by atoms with Gasteiger partial charge in [0.15, 0.2) is 0 Å². The van der Waals surface area contributed by atoms with E-state index in [1.807, 2.05) is 0 Å². The van der Waals surface area contributed by atoms with Gasteiger partial charge in [0.1, 0.15) is 11.5 Å². The quantitative estimate of drug-likeness (QED) is 0.255. The first-order chi connectivity index (χ1) is 16.7. The normalized spacial score (nSPS) is 11.5. The smallest absolute Gasteiger partial charge is 0.478 e. The molecule has 3 rings (SSSR count). The molecule has 0 amide bonds. The van der Waals surface area contributed by atoms with Gasteiger partial charge in [0, 0.05) is 11.4 Å². The van der Waals surface area contributed by atoms with E-state index in [9.17, 15) is 46.1 Å². The molecule has 0 heterocycles. The highest BCUT2D eigenvalue weighted by molar-refractivity contribution is 6.03. The summed E-state index contributed by atoms with van der Waals surface area (Å²) >= 11 is 0. The fourth-order valence-electron chi connectivity index (χ4n) is 2.95. The Hall–Kier alpha value is -4.62. The van der Waals surface area contributed by atoms with Crippen molar-refractivity contribution in [2.75, 3.05) is 10.6 Å². The van der Waals surface area contributed by atoms with Crippen molar-refractivity contribution in [2.45, 2.75) is 12.7 Å². The molecule has 0 bridgehead atoms. The number of nitrogens with one attached hydrogen (secondary N) is 2. The van der Waals surface area contributed by atoms with Crippen LogP contribution in [-0.4, -0.2) is 34.9 Å². The van der Waals surface area contributed by atoms with E-state index in [0.717, 1.165) is 60.7 Å². The van der Waals surface area contributed by atoms with Crippen LogP contribution < -0.4 is 20.1 Å². The van der Waals surface area contributed by atoms with Crippen LogP contribution in [0.15, 0.2) is 60.7 Å². The molecule has 0 saturated heterocycles. The van der Waals surface area contributed by atoms with Crippen LogP contribution in [0.3, 0.4) is 0 Å². The summed E-state index contributed by atoms with van der Waals surface area (Å²) in [6, 6.07) is 10.5. The second-order valence-corrected chi connectivity index (χ2v) is 6.95. The van der Waals surface area contributed by atoms with Crippen molar-refractivity contribution in [3.05, 3.63) is 71.8 Å². The molecular formula is C22H14F6N2O6. The zero-order chi connectivity index (χ0) is 26.7. The molecular weight excluding hydrogens is 502 g/mol. The third kappa shape index (κ3) is 7.19. The lowest BCUT2D eigenvalue weighted by molar-refractivity contribution is -0.275. The van der Waals surface area contributed by atoms with Crippen molar-refractivity contribution in [2.24, 2.45) is 0 Å². The second-order valence-electron chi connectivity index (χ2n) is 6.95. The minimum atomic E-state index is -4.91. The van der Waals surface area contributed by atoms with E-state index in [1.165, 1.54) is 0 Å². The topological polar surface area (TPSA) is 117 Å². The lowest BCUT2D eigenvalue weighted by Gasteiger charge is -2.16. The van der Waals surface area contributed by atoms with Crippen LogP contribution in [0.2, 0.25) is 0 Å². The molecule has 0 aromatic heterocycles. The van der Waals surface area contributed by atoms with Crippen molar-refractivity contribution in [3.8, 4) is 11.5 Å². The molecule has 190 valence electrons. The Bertz CT molecular complexity index is 1160. The van der Waals surface area contributed by atoms with Crippen LogP contribution in [-0.2, 0) is 0 Å². The fourth-order valence-corrected chi connectivity index (χ4v) is 2.95. The van der Waals surface area contributed by atoms with Gasteiger partial charge in [0.25, 0.3) is 0 Å². The van der Waals surface area contributed by atoms with Crippen LogP contribution >= 0.6 is 0 Å². The summed E-state index contributed by atoms with van der Waals surface area (Å²) in [7, 11) is 0. The number of halogens is 6. The Kier molecular flexibility index (Phi) is 7.17. The number of carboxylic acids is 2. The van der Waals surface area contributed by atoms with Gasteiger partial charge in [0.2, 0.25) is 0 Å². The van der Waals surface area contributed by atoms with Crippen molar-refractivity contribution < 1.29 is 55.6 Å². The number of rotatable bonds is 8. The summed E-state index contributed by atoms with van der Waals surface area (Å²) in [6.45, 7) is 0. The summed E-state index contributed by atoms with van der Waals surface area (Å²) in [5.74, 6) is -3.99. The number of alkyl halides is 6. The van der Waals surface area contributed by atoms with Crippen molar-refractivity contribution in [3.63, 3.8) is 0 Å². The molecule has 0 spiro atoms. The summed E-state index contributed by atoms with van der Waals surface area (Å²) in [4.78, 5) is 23.6. The number of aromatic carboxylic acids is 2. The number of benzene rings is 3. The fraction of sp³-hybridized carbons (Fsp3) is 0.0909. The number of hydrogen-bond acceptors (Lipinski definition) is 6. The van der Waals surface area contributed by atoms with Crippen molar-refractivity contribution in [1.29, 1.82) is 0 Å². The molecule has 0 aliphatic rings. The highest BCUT2D eigenvalue weighted by Crippen LogP contribution is 2.32. The highest BCUT2D eigenvalue weighted by Gasteiger charge is 2.31. The predicted molar refractivity (Wildman–Crippen MR) is 113 cm³/mol. The molecule has 8 nitrogen and oxygen atoms in total. The highest BCUT2D eigenvalue weighted by atomic mass is 19.4. The van der Waals surface area contributed by atoms with E-state index in [2.05, 4.69) is 20.1 Å². The number of carboxylic acid groups (broad SMARTS) is 2. The molecule has 14 heteroatoms. The Morgan fingerprint density at radius 1 is 0.611 bits per heavy atom. The number of ether oxygens (including phenoxy) is 2. The largest absolute Gasteiger partial charge is 0.573 e. The van der Waals surface area contributed by atoms with Crippen LogP contribution in [0.4, 0.5) is 49.1 Å². The standard InChI is InChI=1S/C22H14F6N2O6/c23-21(24,25)35-13-5-1-11(2-6-13)29-17-9-16(20(33)34)18(10-15(17)19(31)32)30-12-3-7-14(8-4-12)36-22(26,27)28/h1-10,29-30H,(H,31,32)(H,33,34). The average molecular weight is 516 g/mol. The summed E-state index contributed by atoms with van der Waals surface area (Å²) in [6.07, 6.45) is -9.81. The van der Waals surface area contributed by atoms with Gasteiger partial charge in [-0.3, -0.25) is 0 Å². The Morgan fingerprint density at radius 2 is 0.917 bits per heavy atom. The minimum absolute atomic E-state index is 0.129. The van der Waals surface area contributed by atoms with Crippen molar-refractivity contribution >= 4 is 34.7 Å². The zero-order valence-electron chi connectivity index (χ0n) is 17.6. The third-order valence-electron chi connectivity index (χ3n) is 4.35. The Labute approximate surface area is 197 Å². The van der Waals surface area contributed by atoms with Gasteiger partial charge in [-0.2, -0.15) is 0 Å². The maximum Gasteiger partial charge on any atom is 0.573 e. The number of hydrogen-bond donors (Lipinski definition) is 4. The molecule has 0 radical (unpaired) electrons. The monoisotopic (exact) mass is 516 g/mol. The van der Waals surface area contributed by atoms with E-state index >= 15 is 0 Å². The SMILES string of the molecule is O=C(O)c1cc(Nc2ccc(OC(F)(F)F)cc2)c(C(=O)O)cc1Nc1ccc(OC(F)(F)F)cc1. The lowest BCUT2D eigenvalue weighted by Crippen LogP contribution is -2.17. The molecule has 36 heavy (non-hydrogen) atoms. The third-order valence-corrected chi connectivity index (χ3v) is 4.35. The van der Waals surface area contributed by atoms with Gasteiger partial charge in [-0.1, -0.05) is 0 Å². The molecule has 0 unspecified atom stereocenters. The van der Waals surface area contributed by atoms with Crippen molar-refractivity contribution in [1.82, 2.24) is 0 Å². The first-order valence-electron chi connectivity index (χ1n) is 9.60. The molecule has 0 atom stereocenters. The van der Waals surface area contributed by atoms with Gasteiger partial charge in [0.05, 0.1) is 22.5 Å². The maximum atomic E-state index is 12.3. The first-order valence-corrected chi connectivity index (χ1v) is 9.60. The van der Waals surface area contributed by atoms with Crippen LogP contribution in [0.1, 0.15) is 20.7 Å². The van der Waals surface area contributed by atoms with Gasteiger partial charge in [-0.25, -0.2) is 9.59 Å². The number of carbonyl (C=O) groups is 2. The van der Waals surface area contributed by atoms with Gasteiger partial charge in [-0.15, -0.1) is 26.3 Å². The van der Waals surface area contributed by atoms with E-state index in [-0.39, 0.29) is 22.7 Å². The van der Waals surface area contributed by atoms with E-state index in [0.29, 0.717) is 0 Å². The second kappa shape index (κ2) is 9.93. The molecule has 0 aliphatic carbocycles. The molecule has 3 aromatic carbocycles. The molecule has 0 saturated carbocycles. The molecule has 0 aliphatic heterocycles. The Balaban J connectivity index is 1.90. The van der Waals surface area contributed by atoms with Gasteiger partial charge >= 0.3 is 24.7 Å². The van der Waals surface area contributed by atoms with E-state index in [4.69, 9.17) is 0 Å². The molecule has 0 fully saturated rings. The van der Waals surface area contributed by atoms with E-state index < -0.39 is 47.3 Å². The number of anilines is 4. The van der Waals surface area contributed by atoms with Gasteiger partial charge in [-0.05, 0) is 60.7 Å². The lowest BCUT2D eigenvalue weighted by atomic mass is 10.0. The van der Waals surface area contributed by atoms with Crippen LogP contribution in [0.25, 0.3) is 0 Å². The predicted octanol–water partition coefficient (Wildman–Crippen LogP) is 6.37. The summed E-state index contributed by atoms with van der Waals surface area (Å²) in [5.41, 5.74) is -0.938. The molecule has 3 aromatic rings. The summed E-state index contributed by atoms with van der Waals surface area (Å²) in [5, 5.41) is 24.4. The minimum Gasteiger partial charge on any atom is -0.478 e. The van der Waals surface area contributed by atoms with E-state index in [1.54, 1.807) is 0 Å². The molecule has 4 N–H and O–H groups in total. The average Bonchev–Trinajstić information content (AvgIpc) is 2.75. The Morgan fingerprint density at radius 3 is 1.17 bits per heavy atom. The zero-order valence-corrected chi connectivity index (χ0v) is 17.6. The maximum absolute atomic E-state index is 12.3.